The highest BCUT2D eigenvalue weighted by molar-refractivity contribution is 6.35. The number of halogens is 2. The van der Waals surface area contributed by atoms with Crippen LogP contribution in [0.2, 0.25) is 10.0 Å². The Balaban J connectivity index is 2.00. The molecule has 9 nitrogen and oxygen atoms in total. The van der Waals surface area contributed by atoms with Crippen molar-refractivity contribution < 1.29 is 23.9 Å². The van der Waals surface area contributed by atoms with Gasteiger partial charge in [-0.15, -0.1) is 0 Å². The smallest absolute Gasteiger partial charge is 0.329 e. The van der Waals surface area contributed by atoms with Gasteiger partial charge >= 0.3 is 11.8 Å². The lowest BCUT2D eigenvalue weighted by Gasteiger charge is -2.13. The minimum absolute atomic E-state index is 0.161. The first-order valence-electron chi connectivity index (χ1n) is 9.92. The van der Waals surface area contributed by atoms with E-state index >= 15 is 0 Å². The fourth-order valence-electron chi connectivity index (χ4n) is 2.49. The molecule has 0 aromatic heterocycles. The molecule has 3 amide bonds. The predicted octanol–water partition coefficient (Wildman–Crippen LogP) is 3.30. The van der Waals surface area contributed by atoms with Gasteiger partial charge in [0.1, 0.15) is 0 Å². The van der Waals surface area contributed by atoms with Crippen LogP contribution in [-0.2, 0) is 14.4 Å². The summed E-state index contributed by atoms with van der Waals surface area (Å²) in [5.41, 5.74) is 4.02. The molecule has 2 rings (SSSR count). The van der Waals surface area contributed by atoms with Gasteiger partial charge in [0.25, 0.3) is 5.91 Å². The number of carbonyl (C=O) groups is 3. The van der Waals surface area contributed by atoms with E-state index in [0.717, 1.165) is 5.56 Å². The van der Waals surface area contributed by atoms with E-state index in [-0.39, 0.29) is 23.1 Å². The number of anilines is 1. The fraction of sp³-hybridized carbons (Fsp3) is 0.273. The van der Waals surface area contributed by atoms with Crippen molar-refractivity contribution in [3.63, 3.8) is 0 Å². The zero-order chi connectivity index (χ0) is 24.4. The van der Waals surface area contributed by atoms with Crippen molar-refractivity contribution in [2.24, 2.45) is 5.10 Å². The number of benzene rings is 2. The topological polar surface area (TPSA) is 118 Å². The average Bonchev–Trinajstić information content (AvgIpc) is 2.78. The highest BCUT2D eigenvalue weighted by Gasteiger charge is 2.15. The molecule has 0 spiro atoms. The normalized spacial score (nSPS) is 10.6. The zero-order valence-electron chi connectivity index (χ0n) is 18.3. The first kappa shape index (κ1) is 26.0. The molecule has 0 fully saturated rings. The molecule has 0 aliphatic carbocycles. The number of ether oxygens (including phenoxy) is 2. The number of carbonyl (C=O) groups excluding carboxylic acids is 3. The van der Waals surface area contributed by atoms with Gasteiger partial charge in [-0.25, -0.2) is 5.43 Å². The Kier molecular flexibility index (Phi) is 9.96. The molecule has 0 aliphatic heterocycles. The number of nitrogens with one attached hydrogen (secondary N) is 3. The molecule has 0 saturated carbocycles. The van der Waals surface area contributed by atoms with E-state index in [1.807, 2.05) is 13.8 Å². The summed E-state index contributed by atoms with van der Waals surface area (Å²) in [5.74, 6) is -1.67. The molecule has 0 radical (unpaired) electrons. The Morgan fingerprint density at radius 2 is 1.85 bits per heavy atom. The van der Waals surface area contributed by atoms with E-state index in [2.05, 4.69) is 21.2 Å². The lowest BCUT2D eigenvalue weighted by Crippen LogP contribution is -2.38. The summed E-state index contributed by atoms with van der Waals surface area (Å²) in [6, 6.07) is 8.21. The van der Waals surface area contributed by atoms with Crippen molar-refractivity contribution in [1.29, 1.82) is 0 Å². The Hall–Kier alpha value is -3.30. The molecule has 0 heterocycles. The first-order valence-corrected chi connectivity index (χ1v) is 10.7. The van der Waals surface area contributed by atoms with Gasteiger partial charge in [0.05, 0.1) is 18.3 Å². The van der Waals surface area contributed by atoms with Gasteiger partial charge in [-0.1, -0.05) is 36.2 Å². The summed E-state index contributed by atoms with van der Waals surface area (Å²) < 4.78 is 10.8. The van der Waals surface area contributed by atoms with Crippen LogP contribution in [0.25, 0.3) is 0 Å². The Morgan fingerprint density at radius 1 is 1.09 bits per heavy atom. The molecule has 176 valence electrons. The molecule has 2 aromatic carbocycles. The lowest BCUT2D eigenvalue weighted by atomic mass is 10.2. The Morgan fingerprint density at radius 3 is 2.52 bits per heavy atom. The van der Waals surface area contributed by atoms with Crippen LogP contribution in [0.1, 0.15) is 24.5 Å². The molecule has 2 aromatic rings. The van der Waals surface area contributed by atoms with Gasteiger partial charge in [0, 0.05) is 17.3 Å². The minimum atomic E-state index is -0.890. The van der Waals surface area contributed by atoms with Gasteiger partial charge in [-0.2, -0.15) is 5.10 Å². The fourth-order valence-corrected chi connectivity index (χ4v) is 2.95. The van der Waals surface area contributed by atoms with Crippen LogP contribution in [0.15, 0.2) is 35.4 Å². The summed E-state index contributed by atoms with van der Waals surface area (Å²) >= 11 is 12.3. The number of nitrogens with zero attached hydrogens (tertiary/aromatic N) is 1. The van der Waals surface area contributed by atoms with Crippen LogP contribution in [0.3, 0.4) is 0 Å². The molecule has 0 aliphatic rings. The average molecular weight is 495 g/mol. The van der Waals surface area contributed by atoms with Crippen molar-refractivity contribution in [2.75, 3.05) is 25.6 Å². The van der Waals surface area contributed by atoms with Gasteiger partial charge in [0.2, 0.25) is 0 Å². The zero-order valence-corrected chi connectivity index (χ0v) is 19.8. The molecule has 0 saturated heterocycles. The van der Waals surface area contributed by atoms with Crippen molar-refractivity contribution in [2.45, 2.75) is 20.3 Å². The number of hydrogen-bond donors (Lipinski definition) is 3. The summed E-state index contributed by atoms with van der Waals surface area (Å²) in [6.07, 6.45) is 1.99. The predicted molar refractivity (Wildman–Crippen MR) is 127 cm³/mol. The van der Waals surface area contributed by atoms with Crippen LogP contribution in [-0.4, -0.2) is 44.2 Å². The third kappa shape index (κ3) is 7.96. The maximum absolute atomic E-state index is 12.2. The summed E-state index contributed by atoms with van der Waals surface area (Å²) in [5, 5.41) is 9.55. The van der Waals surface area contributed by atoms with Gasteiger partial charge < -0.3 is 20.1 Å². The Labute approximate surface area is 201 Å². The second-order valence-electron chi connectivity index (χ2n) is 6.79. The molecule has 0 atom stereocenters. The SMILES string of the molecule is CCCNC(=O)C(=O)N/N=C\c1cc(Cl)c(OCC(=O)Nc2ccc(C)c(Cl)c2)c(OC)c1. The van der Waals surface area contributed by atoms with Gasteiger partial charge in [-0.05, 0) is 48.7 Å². The maximum atomic E-state index is 12.2. The molecule has 11 heteroatoms. The lowest BCUT2D eigenvalue weighted by molar-refractivity contribution is -0.139. The highest BCUT2D eigenvalue weighted by atomic mass is 35.5. The monoisotopic (exact) mass is 494 g/mol. The van der Waals surface area contributed by atoms with Crippen molar-refractivity contribution >= 4 is 52.8 Å². The second kappa shape index (κ2) is 12.7. The van der Waals surface area contributed by atoms with Crippen molar-refractivity contribution in [3.8, 4) is 11.5 Å². The molecule has 0 bridgehead atoms. The summed E-state index contributed by atoms with van der Waals surface area (Å²) in [6.45, 7) is 3.80. The number of hydrogen-bond acceptors (Lipinski definition) is 6. The molecular formula is C22H24Cl2N4O5. The van der Waals surface area contributed by atoms with E-state index in [1.54, 1.807) is 24.3 Å². The van der Waals surface area contributed by atoms with E-state index in [0.29, 0.717) is 29.2 Å². The molecule has 0 unspecified atom stereocenters. The van der Waals surface area contributed by atoms with Gasteiger partial charge in [-0.3, -0.25) is 14.4 Å². The van der Waals surface area contributed by atoms with E-state index in [9.17, 15) is 14.4 Å². The third-order valence-corrected chi connectivity index (χ3v) is 4.86. The van der Waals surface area contributed by atoms with Crippen LogP contribution in [0, 0.1) is 6.92 Å². The van der Waals surface area contributed by atoms with Crippen LogP contribution >= 0.6 is 23.2 Å². The highest BCUT2D eigenvalue weighted by Crippen LogP contribution is 2.36. The number of methoxy groups -OCH3 is 1. The van der Waals surface area contributed by atoms with Crippen LogP contribution < -0.4 is 25.5 Å². The van der Waals surface area contributed by atoms with Gasteiger partial charge in [0.15, 0.2) is 18.1 Å². The minimum Gasteiger partial charge on any atom is -0.493 e. The third-order valence-electron chi connectivity index (χ3n) is 4.18. The number of aryl methyl sites for hydroxylation is 1. The quantitative estimate of drug-likeness (QED) is 0.280. The molecular weight excluding hydrogens is 471 g/mol. The Bertz CT molecular complexity index is 1060. The largest absolute Gasteiger partial charge is 0.493 e. The summed E-state index contributed by atoms with van der Waals surface area (Å²) in [4.78, 5) is 35.4. The molecule has 33 heavy (non-hydrogen) atoms. The number of hydrazone groups is 1. The van der Waals surface area contributed by atoms with Crippen LogP contribution in [0.4, 0.5) is 5.69 Å². The van der Waals surface area contributed by atoms with E-state index in [1.165, 1.54) is 19.4 Å². The van der Waals surface area contributed by atoms with E-state index < -0.39 is 17.7 Å². The van der Waals surface area contributed by atoms with E-state index in [4.69, 9.17) is 32.7 Å². The number of amides is 3. The first-order chi connectivity index (χ1) is 15.7. The standard InChI is InChI=1S/C22H24Cl2N4O5/c1-4-7-25-21(30)22(31)28-26-11-14-8-17(24)20(18(9-14)32-3)33-12-19(29)27-15-6-5-13(2)16(23)10-15/h5-6,8-11H,4,7,12H2,1-3H3,(H,25,30)(H,27,29)(H,28,31)/b26-11-. The number of rotatable bonds is 9. The summed E-state index contributed by atoms with van der Waals surface area (Å²) in [7, 11) is 1.41. The van der Waals surface area contributed by atoms with Crippen LogP contribution in [0.5, 0.6) is 11.5 Å². The maximum Gasteiger partial charge on any atom is 0.329 e. The molecule has 3 N–H and O–H groups in total. The second-order valence-corrected chi connectivity index (χ2v) is 7.60. The van der Waals surface area contributed by atoms with Crippen molar-refractivity contribution in [3.05, 3.63) is 51.5 Å². The van der Waals surface area contributed by atoms with Crippen molar-refractivity contribution in [1.82, 2.24) is 10.7 Å².